The molecule has 9 atom stereocenters. The van der Waals surface area contributed by atoms with Crippen LogP contribution in [0.4, 0.5) is 11.4 Å². The van der Waals surface area contributed by atoms with E-state index in [-0.39, 0.29) is 31.7 Å². The highest BCUT2D eigenvalue weighted by Gasteiger charge is 2.77. The van der Waals surface area contributed by atoms with Crippen molar-refractivity contribution in [1.29, 1.82) is 0 Å². The maximum absolute atomic E-state index is 15.4. The number of fused-ring (bicyclic) bond motifs is 1. The molecule has 3 saturated heterocycles. The number of carbonyl (C=O) groups excluding carboxylic acids is 4. The van der Waals surface area contributed by atoms with Gasteiger partial charge in [-0.3, -0.25) is 19.2 Å². The van der Waals surface area contributed by atoms with Gasteiger partial charge in [0.15, 0.2) is 0 Å². The van der Waals surface area contributed by atoms with Gasteiger partial charge >= 0.3 is 5.97 Å². The second-order valence-corrected chi connectivity index (χ2v) is 16.9. The number of hydrogen-bond acceptors (Lipinski definition) is 8. The van der Waals surface area contributed by atoms with Gasteiger partial charge in [0.25, 0.3) is 5.91 Å². The van der Waals surface area contributed by atoms with Gasteiger partial charge in [-0.25, -0.2) is 0 Å². The van der Waals surface area contributed by atoms with Crippen molar-refractivity contribution < 1.29 is 33.8 Å². The lowest BCUT2D eigenvalue weighted by Gasteiger charge is -2.39. The Balaban J connectivity index is 1.41. The van der Waals surface area contributed by atoms with E-state index in [0.29, 0.717) is 17.7 Å². The van der Waals surface area contributed by atoms with Crippen LogP contribution in [-0.2, 0) is 35.1 Å². The number of likely N-dealkylation sites (tertiary alicyclic amines) is 1. The molecule has 1 N–H and O–H groups in total. The van der Waals surface area contributed by atoms with Crippen LogP contribution in [0.5, 0.6) is 0 Å². The first-order chi connectivity index (χ1) is 28.5. The fourth-order valence-electron chi connectivity index (χ4n) is 9.30. The van der Waals surface area contributed by atoms with Gasteiger partial charge in [-0.2, -0.15) is 0 Å². The van der Waals surface area contributed by atoms with Crippen molar-refractivity contribution in [1.82, 2.24) is 9.80 Å². The minimum atomic E-state index is -1.42. The molecule has 11 nitrogen and oxygen atoms in total. The van der Waals surface area contributed by atoms with E-state index < -0.39 is 77.0 Å². The SMILES string of the molecule is C=CCCC(=O)N(C)[C@H](C)[C@H](OC(=O)[C@H]1[C@@H]2O[C@@]3(CC2Br)[C@@H]1C(=O)N([C@@H](CO)Cc1ccccc1)[C@@H]3C(=O)N(CC=C)c1ccc(N(CC)CC)cc1)c1ccccc1. The Bertz CT molecular complexity index is 1960. The number of aliphatic hydroxyl groups excluding tert-OH is 1. The highest BCUT2D eigenvalue weighted by molar-refractivity contribution is 9.09. The lowest BCUT2D eigenvalue weighted by molar-refractivity contribution is -0.165. The molecule has 0 aromatic heterocycles. The highest BCUT2D eigenvalue weighted by Crippen LogP contribution is 2.61. The molecule has 3 aliphatic rings. The van der Waals surface area contributed by atoms with Gasteiger partial charge in [0.1, 0.15) is 17.7 Å². The van der Waals surface area contributed by atoms with E-state index in [1.54, 1.807) is 29.0 Å². The number of carbonyl (C=O) groups is 4. The molecule has 1 unspecified atom stereocenters. The third-order valence-electron chi connectivity index (χ3n) is 12.4. The quantitative estimate of drug-likeness (QED) is 0.0825. The van der Waals surface area contributed by atoms with Crippen molar-refractivity contribution in [2.75, 3.05) is 43.1 Å². The van der Waals surface area contributed by atoms with E-state index in [1.165, 1.54) is 4.90 Å². The van der Waals surface area contributed by atoms with Crippen molar-refractivity contribution in [3.63, 3.8) is 0 Å². The Morgan fingerprint density at radius 3 is 2.20 bits per heavy atom. The molecule has 3 heterocycles. The molecule has 3 fully saturated rings. The molecule has 3 amide bonds. The number of esters is 1. The van der Waals surface area contributed by atoms with Crippen LogP contribution in [0, 0.1) is 11.8 Å². The van der Waals surface area contributed by atoms with Gasteiger partial charge in [0.05, 0.1) is 36.6 Å². The van der Waals surface area contributed by atoms with E-state index >= 15 is 9.59 Å². The molecule has 0 radical (unpaired) electrons. The Morgan fingerprint density at radius 2 is 1.61 bits per heavy atom. The van der Waals surface area contributed by atoms with E-state index in [0.717, 1.165) is 24.3 Å². The molecule has 59 heavy (non-hydrogen) atoms. The van der Waals surface area contributed by atoms with Crippen molar-refractivity contribution in [3.05, 3.63) is 121 Å². The number of benzene rings is 3. The predicted octanol–water partition coefficient (Wildman–Crippen LogP) is 6.50. The molecule has 314 valence electrons. The molecule has 3 aliphatic heterocycles. The fourth-order valence-corrected chi connectivity index (χ4v) is 10.2. The number of halogens is 1. The first-order valence-corrected chi connectivity index (χ1v) is 21.6. The fraction of sp³-hybridized carbons (Fsp3) is 0.447. The number of ether oxygens (including phenoxy) is 2. The summed E-state index contributed by atoms with van der Waals surface area (Å²) in [5.41, 5.74) is 1.77. The topological polar surface area (TPSA) is 120 Å². The predicted molar refractivity (Wildman–Crippen MR) is 233 cm³/mol. The number of likely N-dealkylation sites (N-methyl/N-ethyl adjacent to an activating group) is 1. The molecular formula is C47H57BrN4O7. The monoisotopic (exact) mass is 868 g/mol. The van der Waals surface area contributed by atoms with Crippen molar-refractivity contribution in [2.24, 2.45) is 11.8 Å². The summed E-state index contributed by atoms with van der Waals surface area (Å²) in [7, 11) is 1.69. The molecule has 6 rings (SSSR count). The number of nitrogens with zero attached hydrogens (tertiary/aromatic N) is 4. The molecular weight excluding hydrogens is 812 g/mol. The summed E-state index contributed by atoms with van der Waals surface area (Å²) in [6.07, 6.45) is 2.98. The Hall–Kier alpha value is -4.78. The Labute approximate surface area is 356 Å². The number of amides is 3. The standard InChI is InChI=1S/C47H57BrN4O7/c1-7-11-22-38(54)49(6)31(5)41(33-20-16-13-17-21-33)58-46(57)39-40-44(55)52(36(30-53)28-32-18-14-12-15-19-32)43(47(40)29-37(48)42(39)59-47)45(56)51(27-8-2)35-25-23-34(24-26-35)50(9-3)10-4/h7-8,12-21,23-26,31,36-37,39-43,53H,1-2,9-11,22,27-30H2,3-6H3/t31-,36-,37?,39-,40+,41+,42-,43-,47+/m1/s1. The summed E-state index contributed by atoms with van der Waals surface area (Å²) in [6.45, 7) is 15.1. The van der Waals surface area contributed by atoms with Crippen LogP contribution >= 0.6 is 15.9 Å². The molecule has 0 saturated carbocycles. The number of anilines is 2. The first kappa shape index (κ1) is 43.8. The third-order valence-corrected chi connectivity index (χ3v) is 13.2. The average molecular weight is 870 g/mol. The molecule has 0 aliphatic carbocycles. The minimum absolute atomic E-state index is 0.125. The van der Waals surface area contributed by atoms with Gasteiger partial charge in [-0.15, -0.1) is 13.2 Å². The van der Waals surface area contributed by atoms with Crippen LogP contribution in [-0.4, -0.2) is 107 Å². The Morgan fingerprint density at radius 1 is 0.983 bits per heavy atom. The summed E-state index contributed by atoms with van der Waals surface area (Å²) in [5, 5.41) is 11.0. The molecule has 3 aromatic carbocycles. The zero-order valence-corrected chi connectivity index (χ0v) is 36.1. The summed E-state index contributed by atoms with van der Waals surface area (Å²) >= 11 is 3.80. The zero-order chi connectivity index (χ0) is 42.4. The largest absolute Gasteiger partial charge is 0.455 e. The van der Waals surface area contributed by atoms with Gasteiger partial charge in [0.2, 0.25) is 11.8 Å². The van der Waals surface area contributed by atoms with Crippen LogP contribution in [0.15, 0.2) is 110 Å². The first-order valence-electron chi connectivity index (χ1n) is 20.6. The number of rotatable bonds is 19. The Kier molecular flexibility index (Phi) is 14.2. The van der Waals surface area contributed by atoms with Gasteiger partial charge in [0, 0.05) is 49.3 Å². The zero-order valence-electron chi connectivity index (χ0n) is 34.5. The summed E-state index contributed by atoms with van der Waals surface area (Å²) in [5.74, 6) is -3.79. The minimum Gasteiger partial charge on any atom is -0.455 e. The normalized spacial score (nSPS) is 24.5. The van der Waals surface area contributed by atoms with Crippen LogP contribution in [0.3, 0.4) is 0 Å². The summed E-state index contributed by atoms with van der Waals surface area (Å²) < 4.78 is 13.3. The van der Waals surface area contributed by atoms with Crippen LogP contribution in [0.2, 0.25) is 0 Å². The lowest BCUT2D eigenvalue weighted by atomic mass is 9.70. The van der Waals surface area contributed by atoms with E-state index in [9.17, 15) is 14.7 Å². The van der Waals surface area contributed by atoms with E-state index in [4.69, 9.17) is 9.47 Å². The second kappa shape index (κ2) is 19.1. The maximum Gasteiger partial charge on any atom is 0.313 e. The van der Waals surface area contributed by atoms with E-state index in [1.807, 2.05) is 91.9 Å². The van der Waals surface area contributed by atoms with Crippen molar-refractivity contribution >= 4 is 51.0 Å². The van der Waals surface area contributed by atoms with Crippen LogP contribution in [0.25, 0.3) is 0 Å². The van der Waals surface area contributed by atoms with Gasteiger partial charge < -0.3 is 34.2 Å². The maximum atomic E-state index is 15.4. The van der Waals surface area contributed by atoms with Crippen LogP contribution < -0.4 is 9.80 Å². The number of alkyl halides is 1. The molecule has 2 bridgehead atoms. The summed E-state index contributed by atoms with van der Waals surface area (Å²) in [6, 6.07) is 23.9. The second-order valence-electron chi connectivity index (χ2n) is 15.7. The molecule has 3 aromatic rings. The third kappa shape index (κ3) is 8.49. The van der Waals surface area contributed by atoms with Gasteiger partial charge in [-0.05, 0) is 75.4 Å². The molecule has 1 spiro atoms. The number of aliphatic hydroxyl groups is 1. The molecule has 12 heteroatoms. The summed E-state index contributed by atoms with van der Waals surface area (Å²) in [4.78, 5) is 65.2. The van der Waals surface area contributed by atoms with Crippen molar-refractivity contribution in [2.45, 2.75) is 87.2 Å². The van der Waals surface area contributed by atoms with Crippen molar-refractivity contribution in [3.8, 4) is 0 Å². The average Bonchev–Trinajstić information content (AvgIpc) is 3.86. The van der Waals surface area contributed by atoms with Gasteiger partial charge in [-0.1, -0.05) is 88.7 Å². The van der Waals surface area contributed by atoms with E-state index in [2.05, 4.69) is 47.8 Å². The lowest BCUT2D eigenvalue weighted by Crippen LogP contribution is -2.59. The smallest absolute Gasteiger partial charge is 0.313 e. The number of hydrogen-bond donors (Lipinski definition) is 1. The highest BCUT2D eigenvalue weighted by atomic mass is 79.9. The van der Waals surface area contributed by atoms with Crippen LogP contribution in [0.1, 0.15) is 57.3 Å². The number of allylic oxidation sites excluding steroid dienone is 1.